The van der Waals surface area contributed by atoms with Gasteiger partial charge in [0.15, 0.2) is 0 Å². The number of anilines is 2. The van der Waals surface area contributed by atoms with Gasteiger partial charge in [-0.25, -0.2) is 8.42 Å². The second-order valence-electron chi connectivity index (χ2n) is 5.38. The van der Waals surface area contributed by atoms with Crippen molar-refractivity contribution in [2.24, 2.45) is 5.92 Å². The third kappa shape index (κ3) is 6.06. The van der Waals surface area contributed by atoms with Crippen LogP contribution in [0.25, 0.3) is 0 Å². The van der Waals surface area contributed by atoms with E-state index in [0.29, 0.717) is 23.7 Å². The highest BCUT2D eigenvalue weighted by Gasteiger charge is 2.08. The highest BCUT2D eigenvalue weighted by atomic mass is 32.2. The van der Waals surface area contributed by atoms with Crippen LogP contribution >= 0.6 is 0 Å². The number of benzene rings is 1. The molecule has 0 spiro atoms. The van der Waals surface area contributed by atoms with Crippen LogP contribution in [-0.2, 0) is 14.8 Å². The summed E-state index contributed by atoms with van der Waals surface area (Å²) in [7, 11) is -3.33. The summed E-state index contributed by atoms with van der Waals surface area (Å²) in [5, 5.41) is 2.78. The van der Waals surface area contributed by atoms with Gasteiger partial charge in [0, 0.05) is 12.1 Å². The number of amides is 1. The van der Waals surface area contributed by atoms with Crippen LogP contribution in [-0.4, -0.2) is 20.6 Å². The van der Waals surface area contributed by atoms with E-state index in [4.69, 9.17) is 0 Å². The Morgan fingerprint density at radius 2 is 1.95 bits per heavy atom. The number of sulfonamides is 1. The number of hydrogen-bond acceptors (Lipinski definition) is 3. The maximum Gasteiger partial charge on any atom is 0.229 e. The third-order valence-electron chi connectivity index (χ3n) is 2.77. The van der Waals surface area contributed by atoms with E-state index >= 15 is 0 Å². The molecule has 0 unspecified atom stereocenters. The van der Waals surface area contributed by atoms with Gasteiger partial charge in [0.05, 0.1) is 11.9 Å². The quantitative estimate of drug-likeness (QED) is 0.848. The molecule has 0 aliphatic carbocycles. The third-order valence-corrected chi connectivity index (χ3v) is 3.36. The van der Waals surface area contributed by atoms with Crippen LogP contribution in [0.5, 0.6) is 0 Å². The molecule has 1 rings (SSSR count). The molecule has 0 aromatic heterocycles. The van der Waals surface area contributed by atoms with Gasteiger partial charge in [-0.05, 0) is 37.0 Å². The van der Waals surface area contributed by atoms with Crippen molar-refractivity contribution < 1.29 is 13.2 Å². The summed E-state index contributed by atoms with van der Waals surface area (Å²) in [6.45, 7) is 5.93. The van der Waals surface area contributed by atoms with Gasteiger partial charge in [0.25, 0.3) is 0 Å². The average molecular weight is 298 g/mol. The van der Waals surface area contributed by atoms with E-state index < -0.39 is 10.0 Å². The van der Waals surface area contributed by atoms with Crippen molar-refractivity contribution in [3.8, 4) is 0 Å². The molecule has 112 valence electrons. The van der Waals surface area contributed by atoms with Crippen molar-refractivity contribution in [2.45, 2.75) is 33.6 Å². The summed E-state index contributed by atoms with van der Waals surface area (Å²) < 4.78 is 25.0. The Hall–Kier alpha value is -1.56. The minimum absolute atomic E-state index is 0.0622. The largest absolute Gasteiger partial charge is 0.326 e. The fourth-order valence-electron chi connectivity index (χ4n) is 1.65. The molecule has 0 aliphatic rings. The summed E-state index contributed by atoms with van der Waals surface area (Å²) >= 11 is 0. The second kappa shape index (κ2) is 6.74. The van der Waals surface area contributed by atoms with Crippen LogP contribution < -0.4 is 10.0 Å². The summed E-state index contributed by atoms with van der Waals surface area (Å²) in [5.41, 5.74) is 1.88. The number of rotatable bonds is 6. The Bertz CT molecular complexity index is 580. The lowest BCUT2D eigenvalue weighted by atomic mass is 10.1. The van der Waals surface area contributed by atoms with Gasteiger partial charge in [-0.1, -0.05) is 19.9 Å². The SMILES string of the molecule is Cc1ccc(NC(=O)CCC(C)C)cc1NS(C)(=O)=O. The van der Waals surface area contributed by atoms with Gasteiger partial charge >= 0.3 is 0 Å². The first kappa shape index (κ1) is 16.5. The molecule has 1 aromatic rings. The van der Waals surface area contributed by atoms with Crippen molar-refractivity contribution in [3.05, 3.63) is 23.8 Å². The van der Waals surface area contributed by atoms with Gasteiger partial charge in [-0.3, -0.25) is 9.52 Å². The molecular weight excluding hydrogens is 276 g/mol. The first-order valence-corrected chi connectivity index (χ1v) is 8.45. The van der Waals surface area contributed by atoms with Gasteiger partial charge in [0.1, 0.15) is 0 Å². The highest BCUT2D eigenvalue weighted by molar-refractivity contribution is 7.92. The van der Waals surface area contributed by atoms with E-state index in [-0.39, 0.29) is 5.91 Å². The first-order valence-electron chi connectivity index (χ1n) is 6.55. The fraction of sp³-hybridized carbons (Fsp3) is 0.500. The molecule has 5 nitrogen and oxygen atoms in total. The highest BCUT2D eigenvalue weighted by Crippen LogP contribution is 2.21. The molecule has 0 heterocycles. The van der Waals surface area contributed by atoms with E-state index in [9.17, 15) is 13.2 Å². The smallest absolute Gasteiger partial charge is 0.229 e. The molecule has 0 saturated carbocycles. The van der Waals surface area contributed by atoms with Gasteiger partial charge in [-0.15, -0.1) is 0 Å². The molecule has 0 aliphatic heterocycles. The lowest BCUT2D eigenvalue weighted by Gasteiger charge is -2.11. The Kier molecular flexibility index (Phi) is 5.56. The second-order valence-corrected chi connectivity index (χ2v) is 7.13. The van der Waals surface area contributed by atoms with Crippen molar-refractivity contribution in [2.75, 3.05) is 16.3 Å². The van der Waals surface area contributed by atoms with E-state index in [1.54, 1.807) is 25.1 Å². The van der Waals surface area contributed by atoms with Crippen molar-refractivity contribution in [1.82, 2.24) is 0 Å². The van der Waals surface area contributed by atoms with Crippen molar-refractivity contribution in [3.63, 3.8) is 0 Å². The topological polar surface area (TPSA) is 75.3 Å². The Labute approximate surface area is 120 Å². The molecule has 1 amide bonds. The Balaban J connectivity index is 2.77. The zero-order valence-corrected chi connectivity index (χ0v) is 13.2. The molecule has 0 fully saturated rings. The molecule has 0 bridgehead atoms. The number of nitrogens with one attached hydrogen (secondary N) is 2. The molecule has 0 radical (unpaired) electrons. The monoisotopic (exact) mass is 298 g/mol. The maximum atomic E-state index is 11.7. The van der Waals surface area contributed by atoms with Gasteiger partial charge in [-0.2, -0.15) is 0 Å². The molecule has 0 atom stereocenters. The molecular formula is C14H22N2O3S. The Morgan fingerprint density at radius 3 is 2.50 bits per heavy atom. The van der Waals surface area contributed by atoms with Crippen LogP contribution in [0.3, 0.4) is 0 Å². The molecule has 0 saturated heterocycles. The molecule has 1 aromatic carbocycles. The first-order chi connectivity index (χ1) is 9.17. The number of carbonyl (C=O) groups is 1. The van der Waals surface area contributed by atoms with E-state index in [2.05, 4.69) is 23.9 Å². The molecule has 20 heavy (non-hydrogen) atoms. The van der Waals surface area contributed by atoms with Crippen LogP contribution in [0.4, 0.5) is 11.4 Å². The summed E-state index contributed by atoms with van der Waals surface area (Å²) in [5.74, 6) is 0.411. The predicted molar refractivity (Wildman–Crippen MR) is 82.3 cm³/mol. The average Bonchev–Trinajstić information content (AvgIpc) is 2.29. The van der Waals surface area contributed by atoms with Crippen LogP contribution in [0.2, 0.25) is 0 Å². The maximum absolute atomic E-state index is 11.7. The minimum atomic E-state index is -3.33. The molecule has 6 heteroatoms. The summed E-state index contributed by atoms with van der Waals surface area (Å²) in [6.07, 6.45) is 2.38. The van der Waals surface area contributed by atoms with Crippen LogP contribution in [0, 0.1) is 12.8 Å². The normalized spacial score (nSPS) is 11.4. The van der Waals surface area contributed by atoms with Crippen LogP contribution in [0.15, 0.2) is 18.2 Å². The zero-order chi connectivity index (χ0) is 15.3. The molecule has 2 N–H and O–H groups in total. The Morgan fingerprint density at radius 1 is 1.30 bits per heavy atom. The standard InChI is InChI=1S/C14H22N2O3S/c1-10(2)5-8-14(17)15-12-7-6-11(3)13(9-12)16-20(4,18)19/h6-7,9-10,16H,5,8H2,1-4H3,(H,15,17). The number of aryl methyl sites for hydroxylation is 1. The van der Waals surface area contributed by atoms with Gasteiger partial charge in [0.2, 0.25) is 15.9 Å². The van der Waals surface area contributed by atoms with E-state index in [1.165, 1.54) is 0 Å². The van der Waals surface area contributed by atoms with Crippen molar-refractivity contribution >= 4 is 27.3 Å². The van der Waals surface area contributed by atoms with E-state index in [0.717, 1.165) is 18.2 Å². The predicted octanol–water partition coefficient (Wildman–Crippen LogP) is 2.74. The van der Waals surface area contributed by atoms with E-state index in [1.807, 2.05) is 0 Å². The van der Waals surface area contributed by atoms with Crippen LogP contribution in [0.1, 0.15) is 32.3 Å². The minimum Gasteiger partial charge on any atom is -0.326 e. The fourth-order valence-corrected chi connectivity index (χ4v) is 2.27. The van der Waals surface area contributed by atoms with Gasteiger partial charge < -0.3 is 5.32 Å². The lowest BCUT2D eigenvalue weighted by molar-refractivity contribution is -0.116. The zero-order valence-electron chi connectivity index (χ0n) is 12.4. The summed E-state index contributed by atoms with van der Waals surface area (Å²) in [6, 6.07) is 5.16. The number of carbonyl (C=O) groups excluding carboxylic acids is 1. The van der Waals surface area contributed by atoms with Crippen molar-refractivity contribution in [1.29, 1.82) is 0 Å². The lowest BCUT2D eigenvalue weighted by Crippen LogP contribution is -2.14. The summed E-state index contributed by atoms with van der Waals surface area (Å²) in [4.78, 5) is 11.7. The number of hydrogen-bond donors (Lipinski definition) is 2.